The van der Waals surface area contributed by atoms with Crippen molar-refractivity contribution in [1.82, 2.24) is 9.80 Å². The highest BCUT2D eigenvalue weighted by Gasteiger charge is 2.35. The molecule has 1 N–H and O–H groups in total. The van der Waals surface area contributed by atoms with Gasteiger partial charge in [-0.15, -0.1) is 0 Å². The number of nitrogens with zero attached hydrogens (tertiary/aromatic N) is 2. The molecular formula is C18H27FN2O3. The van der Waals surface area contributed by atoms with Crippen LogP contribution in [0, 0.1) is 5.82 Å². The minimum absolute atomic E-state index is 0.0868. The van der Waals surface area contributed by atoms with Crippen LogP contribution >= 0.6 is 0 Å². The first kappa shape index (κ1) is 18.7. The summed E-state index contributed by atoms with van der Waals surface area (Å²) in [6, 6.07) is 5.75. The summed E-state index contributed by atoms with van der Waals surface area (Å²) in [6.45, 7) is 6.97. The van der Waals surface area contributed by atoms with Crippen molar-refractivity contribution in [3.63, 3.8) is 0 Å². The van der Waals surface area contributed by atoms with Crippen LogP contribution in [0.2, 0.25) is 0 Å². The fraction of sp³-hybridized carbons (Fsp3) is 0.611. The predicted molar refractivity (Wildman–Crippen MR) is 90.4 cm³/mol. The van der Waals surface area contributed by atoms with Crippen molar-refractivity contribution < 1.29 is 19.0 Å². The number of halogens is 1. The molecule has 0 aromatic heterocycles. The number of β-amino-alcohol motifs (C(OH)–C–C–N with tert-alkyl or cyclic N) is 1. The van der Waals surface area contributed by atoms with E-state index in [2.05, 4.69) is 0 Å². The summed E-state index contributed by atoms with van der Waals surface area (Å²) >= 11 is 0. The molecule has 6 heteroatoms. The maximum absolute atomic E-state index is 12.9. The molecule has 1 saturated heterocycles. The molecule has 0 bridgehead atoms. The van der Waals surface area contributed by atoms with E-state index < -0.39 is 5.60 Å². The second-order valence-electron chi connectivity index (χ2n) is 6.35. The average Bonchev–Trinajstić information content (AvgIpc) is 2.55. The molecular weight excluding hydrogens is 311 g/mol. The molecule has 0 aliphatic carbocycles. The summed E-state index contributed by atoms with van der Waals surface area (Å²) in [7, 11) is 0. The Morgan fingerprint density at radius 1 is 1.33 bits per heavy atom. The third-order valence-corrected chi connectivity index (χ3v) is 4.43. The van der Waals surface area contributed by atoms with E-state index >= 15 is 0 Å². The zero-order valence-corrected chi connectivity index (χ0v) is 14.5. The number of piperidine rings is 1. The number of hydrogen-bond donors (Lipinski definition) is 1. The highest BCUT2D eigenvalue weighted by molar-refractivity contribution is 5.78. The van der Waals surface area contributed by atoms with Crippen molar-refractivity contribution in [1.29, 1.82) is 0 Å². The fourth-order valence-electron chi connectivity index (χ4n) is 3.07. The number of hydrogen-bond acceptors (Lipinski definition) is 4. The zero-order valence-electron chi connectivity index (χ0n) is 14.5. The van der Waals surface area contributed by atoms with E-state index in [0.717, 1.165) is 13.0 Å². The summed E-state index contributed by atoms with van der Waals surface area (Å²) in [5, 5.41) is 10.8. The van der Waals surface area contributed by atoms with Crippen LogP contribution in [0.3, 0.4) is 0 Å². The number of aliphatic hydroxyl groups is 1. The van der Waals surface area contributed by atoms with Gasteiger partial charge in [-0.2, -0.15) is 0 Å². The monoisotopic (exact) mass is 338 g/mol. The molecule has 24 heavy (non-hydrogen) atoms. The van der Waals surface area contributed by atoms with E-state index in [4.69, 9.17) is 4.74 Å². The molecule has 0 spiro atoms. The number of ether oxygens (including phenoxy) is 1. The van der Waals surface area contributed by atoms with Gasteiger partial charge in [0.1, 0.15) is 23.8 Å². The number of likely N-dealkylation sites (tertiary alicyclic amines) is 1. The Bertz CT molecular complexity index is 534. The van der Waals surface area contributed by atoms with Crippen LogP contribution in [0.1, 0.15) is 26.7 Å². The molecule has 1 aliphatic rings. The van der Waals surface area contributed by atoms with Gasteiger partial charge in [-0.05, 0) is 57.5 Å². The predicted octanol–water partition coefficient (Wildman–Crippen LogP) is 1.90. The first-order valence-corrected chi connectivity index (χ1v) is 8.56. The van der Waals surface area contributed by atoms with E-state index in [9.17, 15) is 14.3 Å². The Balaban J connectivity index is 1.88. The van der Waals surface area contributed by atoms with Gasteiger partial charge < -0.3 is 14.7 Å². The topological polar surface area (TPSA) is 53.0 Å². The summed E-state index contributed by atoms with van der Waals surface area (Å²) < 4.78 is 18.5. The van der Waals surface area contributed by atoms with E-state index in [-0.39, 0.29) is 18.3 Å². The van der Waals surface area contributed by atoms with Gasteiger partial charge in [-0.3, -0.25) is 9.69 Å². The summed E-state index contributed by atoms with van der Waals surface area (Å²) in [5.41, 5.74) is -0.990. The lowest BCUT2D eigenvalue weighted by atomic mass is 9.93. The molecule has 1 atom stereocenters. The first-order valence-electron chi connectivity index (χ1n) is 8.56. The van der Waals surface area contributed by atoms with E-state index in [0.29, 0.717) is 38.3 Å². The lowest BCUT2D eigenvalue weighted by Gasteiger charge is -2.39. The fourth-order valence-corrected chi connectivity index (χ4v) is 3.07. The van der Waals surface area contributed by atoms with Crippen LogP contribution in [0.5, 0.6) is 5.75 Å². The number of carbonyl (C=O) groups is 1. The molecule has 1 aliphatic heterocycles. The van der Waals surface area contributed by atoms with E-state index in [1.54, 1.807) is 17.0 Å². The van der Waals surface area contributed by atoms with Crippen molar-refractivity contribution in [2.24, 2.45) is 0 Å². The van der Waals surface area contributed by atoms with Crippen molar-refractivity contribution in [3.05, 3.63) is 30.1 Å². The second-order valence-corrected chi connectivity index (χ2v) is 6.35. The van der Waals surface area contributed by atoms with E-state index in [1.165, 1.54) is 12.1 Å². The van der Waals surface area contributed by atoms with E-state index in [1.807, 2.05) is 18.7 Å². The minimum atomic E-state index is -0.990. The van der Waals surface area contributed by atoms with Gasteiger partial charge in [0.15, 0.2) is 0 Å². The highest BCUT2D eigenvalue weighted by atomic mass is 19.1. The highest BCUT2D eigenvalue weighted by Crippen LogP contribution is 2.23. The molecule has 0 saturated carbocycles. The molecule has 1 heterocycles. The third kappa shape index (κ3) is 5.18. The van der Waals surface area contributed by atoms with Gasteiger partial charge in [0.2, 0.25) is 5.91 Å². The van der Waals surface area contributed by atoms with Crippen LogP contribution in [0.25, 0.3) is 0 Å². The van der Waals surface area contributed by atoms with Crippen molar-refractivity contribution in [3.8, 4) is 5.75 Å². The molecule has 0 radical (unpaired) electrons. The minimum Gasteiger partial charge on any atom is -0.491 e. The van der Waals surface area contributed by atoms with Crippen LogP contribution in [-0.4, -0.2) is 65.7 Å². The van der Waals surface area contributed by atoms with Crippen molar-refractivity contribution in [2.75, 3.05) is 39.3 Å². The van der Waals surface area contributed by atoms with Gasteiger partial charge in [0, 0.05) is 19.6 Å². The smallest absolute Gasteiger partial charge is 0.236 e. The summed E-state index contributed by atoms with van der Waals surface area (Å²) in [5.74, 6) is 0.296. The molecule has 5 nitrogen and oxygen atoms in total. The largest absolute Gasteiger partial charge is 0.491 e. The Hall–Kier alpha value is -1.66. The standard InChI is InChI=1S/C18H27FN2O3/c1-3-21(4-2)17(22)12-20-11-5-10-18(23,13-20)14-24-16-8-6-15(19)7-9-16/h6-9,23H,3-5,10-14H2,1-2H3. The number of rotatable bonds is 7. The van der Waals surface area contributed by atoms with Gasteiger partial charge in [0.05, 0.1) is 6.54 Å². The first-order chi connectivity index (χ1) is 11.5. The van der Waals surface area contributed by atoms with Crippen molar-refractivity contribution in [2.45, 2.75) is 32.3 Å². The molecule has 1 aromatic carbocycles. The normalized spacial score (nSPS) is 21.5. The molecule has 1 unspecified atom stereocenters. The van der Waals surface area contributed by atoms with Crippen LogP contribution < -0.4 is 4.74 Å². The van der Waals surface area contributed by atoms with Crippen LogP contribution in [-0.2, 0) is 4.79 Å². The summed E-state index contributed by atoms with van der Waals surface area (Å²) in [6.07, 6.45) is 1.44. The van der Waals surface area contributed by atoms with Gasteiger partial charge >= 0.3 is 0 Å². The quantitative estimate of drug-likeness (QED) is 0.825. The number of amides is 1. The average molecular weight is 338 g/mol. The Morgan fingerprint density at radius 3 is 2.62 bits per heavy atom. The summed E-state index contributed by atoms with van der Waals surface area (Å²) in [4.78, 5) is 16.0. The SMILES string of the molecule is CCN(CC)C(=O)CN1CCCC(O)(COc2ccc(F)cc2)C1. The molecule has 1 fully saturated rings. The zero-order chi connectivity index (χ0) is 17.6. The van der Waals surface area contributed by atoms with Gasteiger partial charge in [-0.1, -0.05) is 0 Å². The lowest BCUT2D eigenvalue weighted by molar-refractivity contribution is -0.134. The van der Waals surface area contributed by atoms with Gasteiger partial charge in [-0.25, -0.2) is 4.39 Å². The maximum Gasteiger partial charge on any atom is 0.236 e. The maximum atomic E-state index is 12.9. The Morgan fingerprint density at radius 2 is 2.00 bits per heavy atom. The van der Waals surface area contributed by atoms with Crippen molar-refractivity contribution >= 4 is 5.91 Å². The molecule has 134 valence electrons. The number of likely N-dealkylation sites (N-methyl/N-ethyl adjacent to an activating group) is 1. The van der Waals surface area contributed by atoms with Crippen LogP contribution in [0.4, 0.5) is 4.39 Å². The van der Waals surface area contributed by atoms with Gasteiger partial charge in [0.25, 0.3) is 0 Å². The lowest BCUT2D eigenvalue weighted by Crippen LogP contribution is -2.54. The third-order valence-electron chi connectivity index (χ3n) is 4.43. The number of carbonyl (C=O) groups excluding carboxylic acids is 1. The molecule has 1 aromatic rings. The molecule has 1 amide bonds. The Labute approximate surface area is 143 Å². The number of benzene rings is 1. The van der Waals surface area contributed by atoms with Crippen LogP contribution in [0.15, 0.2) is 24.3 Å². The second kappa shape index (κ2) is 8.44. The Kier molecular flexibility index (Phi) is 6.57. The molecule has 2 rings (SSSR count).